The quantitative estimate of drug-likeness (QED) is 0.662. The first-order valence-electron chi connectivity index (χ1n) is 10.6. The summed E-state index contributed by atoms with van der Waals surface area (Å²) in [5.74, 6) is 0.356. The first-order chi connectivity index (χ1) is 15.0. The Morgan fingerprint density at radius 3 is 2.65 bits per heavy atom. The van der Waals surface area contributed by atoms with Crippen molar-refractivity contribution in [2.75, 3.05) is 32.1 Å². The molecule has 0 bridgehead atoms. The van der Waals surface area contributed by atoms with Crippen LogP contribution in [0.25, 0.3) is 11.0 Å². The minimum Gasteiger partial charge on any atom is -0.383 e. The van der Waals surface area contributed by atoms with Gasteiger partial charge in [0.2, 0.25) is 11.9 Å². The highest BCUT2D eigenvalue weighted by Gasteiger charge is 2.40. The number of ether oxygens (including phenoxy) is 1. The first kappa shape index (κ1) is 21.1. The molecule has 0 saturated carbocycles. The van der Waals surface area contributed by atoms with Gasteiger partial charge >= 0.3 is 0 Å². The molecule has 2 amide bonds. The molecule has 3 aromatic rings. The number of carbonyl (C=O) groups is 2. The topological polar surface area (TPSA) is 76.5 Å². The fourth-order valence-corrected chi connectivity index (χ4v) is 4.19. The molecular weight excluding hydrogens is 392 g/mol. The number of fused-ring (bicyclic) bond motifs is 1. The van der Waals surface area contributed by atoms with Crippen LogP contribution in [0.4, 0.5) is 5.95 Å². The fourth-order valence-electron chi connectivity index (χ4n) is 4.19. The summed E-state index contributed by atoms with van der Waals surface area (Å²) in [6.45, 7) is 4.06. The predicted octanol–water partition coefficient (Wildman–Crippen LogP) is 3.56. The van der Waals surface area contributed by atoms with E-state index in [0.29, 0.717) is 37.8 Å². The number of aromatic nitrogens is 2. The third-order valence-corrected chi connectivity index (χ3v) is 5.95. The van der Waals surface area contributed by atoms with Crippen LogP contribution in [0.15, 0.2) is 54.6 Å². The number of rotatable bonds is 6. The summed E-state index contributed by atoms with van der Waals surface area (Å²) in [4.78, 5) is 32.7. The van der Waals surface area contributed by atoms with Crippen molar-refractivity contribution in [1.29, 1.82) is 0 Å². The molecule has 1 atom stereocenters. The third-order valence-electron chi connectivity index (χ3n) is 5.95. The normalized spacial score (nSPS) is 18.8. The smallest absolute Gasteiger partial charge is 0.253 e. The van der Waals surface area contributed by atoms with E-state index in [-0.39, 0.29) is 11.8 Å². The van der Waals surface area contributed by atoms with Crippen molar-refractivity contribution < 1.29 is 14.3 Å². The molecule has 0 aliphatic carbocycles. The van der Waals surface area contributed by atoms with E-state index in [4.69, 9.17) is 4.74 Å². The van der Waals surface area contributed by atoms with E-state index < -0.39 is 5.41 Å². The van der Waals surface area contributed by atoms with Crippen molar-refractivity contribution in [3.05, 3.63) is 60.2 Å². The Balaban J connectivity index is 1.54. The Kier molecular flexibility index (Phi) is 6.04. The van der Waals surface area contributed by atoms with Gasteiger partial charge in [-0.2, -0.15) is 0 Å². The van der Waals surface area contributed by atoms with Gasteiger partial charge in [0.1, 0.15) is 0 Å². The first-order valence-corrected chi connectivity index (χ1v) is 10.6. The number of hydrogen-bond donors (Lipinski definition) is 1. The largest absolute Gasteiger partial charge is 0.383 e. The number of hydrogen-bond acceptors (Lipinski definition) is 4. The molecule has 1 aliphatic heterocycles. The molecule has 0 radical (unpaired) electrons. The van der Waals surface area contributed by atoms with Crippen molar-refractivity contribution in [3.8, 4) is 0 Å². The number of carbonyl (C=O) groups excluding carboxylic acids is 2. The van der Waals surface area contributed by atoms with Gasteiger partial charge in [0.05, 0.1) is 23.1 Å². The molecule has 2 heterocycles. The van der Waals surface area contributed by atoms with Crippen LogP contribution < -0.4 is 5.32 Å². The highest BCUT2D eigenvalue weighted by Crippen LogP contribution is 2.32. The number of nitrogens with one attached hydrogen (secondary N) is 1. The van der Waals surface area contributed by atoms with E-state index in [1.54, 1.807) is 12.0 Å². The molecule has 1 N–H and O–H groups in total. The summed E-state index contributed by atoms with van der Waals surface area (Å²) in [6, 6.07) is 17.0. The van der Waals surface area contributed by atoms with E-state index in [1.807, 2.05) is 66.1 Å². The van der Waals surface area contributed by atoms with Crippen LogP contribution in [-0.2, 0) is 16.1 Å². The third kappa shape index (κ3) is 4.32. The zero-order chi connectivity index (χ0) is 21.8. The van der Waals surface area contributed by atoms with Gasteiger partial charge < -0.3 is 14.2 Å². The van der Waals surface area contributed by atoms with Crippen LogP contribution in [0.1, 0.15) is 30.1 Å². The second-order valence-electron chi connectivity index (χ2n) is 8.28. The van der Waals surface area contributed by atoms with Crippen LogP contribution in [0.3, 0.4) is 0 Å². The molecule has 7 nitrogen and oxygen atoms in total. The second kappa shape index (κ2) is 8.89. The summed E-state index contributed by atoms with van der Waals surface area (Å²) in [5, 5.41) is 3.04. The van der Waals surface area contributed by atoms with Crippen LogP contribution in [-0.4, -0.2) is 53.1 Å². The molecule has 1 saturated heterocycles. The number of imidazole rings is 1. The number of likely N-dealkylation sites (tertiary alicyclic amines) is 1. The van der Waals surface area contributed by atoms with E-state index in [2.05, 4.69) is 10.3 Å². The van der Waals surface area contributed by atoms with Gasteiger partial charge in [0, 0.05) is 32.3 Å². The van der Waals surface area contributed by atoms with Gasteiger partial charge in [-0.25, -0.2) is 4.98 Å². The van der Waals surface area contributed by atoms with Gasteiger partial charge in [-0.05, 0) is 44.0 Å². The zero-order valence-corrected chi connectivity index (χ0v) is 18.0. The summed E-state index contributed by atoms with van der Waals surface area (Å²) in [6.07, 6.45) is 1.50. The number of para-hydroxylation sites is 2. The van der Waals surface area contributed by atoms with E-state index in [0.717, 1.165) is 23.9 Å². The zero-order valence-electron chi connectivity index (χ0n) is 18.0. The Hall–Kier alpha value is -3.19. The number of benzene rings is 2. The number of methoxy groups -OCH3 is 1. The van der Waals surface area contributed by atoms with Gasteiger partial charge in [-0.15, -0.1) is 0 Å². The highest BCUT2D eigenvalue weighted by molar-refractivity contribution is 5.98. The van der Waals surface area contributed by atoms with Gasteiger partial charge in [0.25, 0.3) is 5.91 Å². The van der Waals surface area contributed by atoms with Gasteiger partial charge in [-0.3, -0.25) is 14.9 Å². The molecule has 31 heavy (non-hydrogen) atoms. The molecule has 2 aromatic carbocycles. The number of amides is 2. The van der Waals surface area contributed by atoms with E-state index in [1.165, 1.54) is 0 Å². The summed E-state index contributed by atoms with van der Waals surface area (Å²) >= 11 is 0. The molecule has 0 spiro atoms. The number of piperidine rings is 1. The maximum atomic E-state index is 13.4. The predicted molar refractivity (Wildman–Crippen MR) is 120 cm³/mol. The van der Waals surface area contributed by atoms with Crippen LogP contribution in [0.2, 0.25) is 0 Å². The lowest BCUT2D eigenvalue weighted by Crippen LogP contribution is -2.50. The molecule has 1 aromatic heterocycles. The molecule has 1 fully saturated rings. The Labute approximate surface area is 182 Å². The van der Waals surface area contributed by atoms with Crippen LogP contribution in [0.5, 0.6) is 0 Å². The van der Waals surface area contributed by atoms with Gasteiger partial charge in [0.15, 0.2) is 0 Å². The van der Waals surface area contributed by atoms with Crippen LogP contribution in [0, 0.1) is 5.41 Å². The minimum absolute atomic E-state index is 0.0355. The molecule has 1 aliphatic rings. The lowest BCUT2D eigenvalue weighted by Gasteiger charge is -2.39. The lowest BCUT2D eigenvalue weighted by atomic mass is 9.80. The summed E-state index contributed by atoms with van der Waals surface area (Å²) in [5.41, 5.74) is 1.73. The Bertz CT molecular complexity index is 1080. The van der Waals surface area contributed by atoms with Crippen molar-refractivity contribution in [1.82, 2.24) is 14.5 Å². The molecule has 1 unspecified atom stereocenters. The average molecular weight is 421 g/mol. The summed E-state index contributed by atoms with van der Waals surface area (Å²) < 4.78 is 7.21. The second-order valence-corrected chi connectivity index (χ2v) is 8.28. The molecule has 7 heteroatoms. The molecule has 162 valence electrons. The lowest BCUT2D eigenvalue weighted by molar-refractivity contribution is -0.127. The van der Waals surface area contributed by atoms with Crippen molar-refractivity contribution in [2.24, 2.45) is 5.41 Å². The van der Waals surface area contributed by atoms with E-state index in [9.17, 15) is 9.59 Å². The van der Waals surface area contributed by atoms with Crippen LogP contribution >= 0.6 is 0 Å². The standard InChI is InChI=1S/C24H28N4O3/c1-24(13-8-14-27(17-24)21(29)18-9-4-3-5-10-18)22(30)26-23-25-19-11-6-7-12-20(19)28(23)15-16-31-2/h3-7,9-12H,8,13-17H2,1-2H3,(H,25,26,30). The maximum absolute atomic E-state index is 13.4. The number of nitrogens with zero attached hydrogens (tertiary/aromatic N) is 3. The van der Waals surface area contributed by atoms with Crippen molar-refractivity contribution >= 4 is 28.8 Å². The fraction of sp³-hybridized carbons (Fsp3) is 0.375. The van der Waals surface area contributed by atoms with Crippen molar-refractivity contribution in [2.45, 2.75) is 26.3 Å². The monoisotopic (exact) mass is 420 g/mol. The molecular formula is C24H28N4O3. The maximum Gasteiger partial charge on any atom is 0.253 e. The highest BCUT2D eigenvalue weighted by atomic mass is 16.5. The van der Waals surface area contributed by atoms with E-state index >= 15 is 0 Å². The number of anilines is 1. The molecule has 4 rings (SSSR count). The Morgan fingerprint density at radius 2 is 1.87 bits per heavy atom. The SMILES string of the molecule is COCCn1c(NC(=O)C2(C)CCCN(C(=O)c3ccccc3)C2)nc2ccccc21. The van der Waals surface area contributed by atoms with Gasteiger partial charge in [-0.1, -0.05) is 30.3 Å². The minimum atomic E-state index is -0.688. The Morgan fingerprint density at radius 1 is 1.13 bits per heavy atom. The average Bonchev–Trinajstić information content (AvgIpc) is 3.14. The summed E-state index contributed by atoms with van der Waals surface area (Å²) in [7, 11) is 1.65. The van der Waals surface area contributed by atoms with Crippen molar-refractivity contribution in [3.63, 3.8) is 0 Å².